The molecule has 3 aromatic rings. The average Bonchev–Trinajstić information content (AvgIpc) is 3.16. The van der Waals surface area contributed by atoms with E-state index in [0.717, 1.165) is 61.2 Å². The van der Waals surface area contributed by atoms with Crippen molar-refractivity contribution >= 4 is 11.0 Å². The van der Waals surface area contributed by atoms with Gasteiger partial charge in [-0.1, -0.05) is 36.4 Å². The van der Waals surface area contributed by atoms with Crippen LogP contribution < -0.4 is 5.73 Å². The summed E-state index contributed by atoms with van der Waals surface area (Å²) in [4.78, 5) is 10.7. The molecular formula is C23H30N4O. The summed E-state index contributed by atoms with van der Waals surface area (Å²) in [5.41, 5.74) is 10.2. The quantitative estimate of drug-likeness (QED) is 0.658. The van der Waals surface area contributed by atoms with Gasteiger partial charge in [0.2, 0.25) is 0 Å². The lowest BCUT2D eigenvalue weighted by Gasteiger charge is -2.31. The Bertz CT molecular complexity index is 865. The summed E-state index contributed by atoms with van der Waals surface area (Å²) in [7, 11) is 2.17. The fourth-order valence-electron chi connectivity index (χ4n) is 3.93. The number of rotatable bonds is 7. The summed E-state index contributed by atoms with van der Waals surface area (Å²) in [6, 6.07) is 16.9. The van der Waals surface area contributed by atoms with Gasteiger partial charge in [-0.3, -0.25) is 0 Å². The standard InChI is InChI=1S/C23H30N4O/c1-27-14-11-19(12-15-27)28-22(18-8-4-6-17(16-18)7-5-13-24)23-25-20-9-2-3-10-21(20)26-23/h2-4,6,8-10,16,19,22H,5,7,11-15,24H2,1H3,(H,25,26). The van der Waals surface area contributed by atoms with Gasteiger partial charge in [0.1, 0.15) is 11.9 Å². The zero-order valence-corrected chi connectivity index (χ0v) is 16.6. The summed E-state index contributed by atoms with van der Waals surface area (Å²) in [5, 5.41) is 0. The van der Waals surface area contributed by atoms with Crippen molar-refractivity contribution in [2.45, 2.75) is 37.9 Å². The maximum absolute atomic E-state index is 6.66. The minimum atomic E-state index is -0.182. The van der Waals surface area contributed by atoms with Gasteiger partial charge in [-0.25, -0.2) is 4.98 Å². The minimum Gasteiger partial charge on any atom is -0.362 e. The predicted octanol–water partition coefficient (Wildman–Crippen LogP) is 3.65. The molecule has 3 N–H and O–H groups in total. The first-order valence-corrected chi connectivity index (χ1v) is 10.3. The van der Waals surface area contributed by atoms with Gasteiger partial charge in [-0.05, 0) is 62.5 Å². The molecule has 1 atom stereocenters. The van der Waals surface area contributed by atoms with E-state index >= 15 is 0 Å². The van der Waals surface area contributed by atoms with Crippen molar-refractivity contribution in [1.29, 1.82) is 0 Å². The van der Waals surface area contributed by atoms with Crippen molar-refractivity contribution in [3.63, 3.8) is 0 Å². The number of likely N-dealkylation sites (tertiary alicyclic amines) is 1. The number of fused-ring (bicyclic) bond motifs is 1. The van der Waals surface area contributed by atoms with E-state index in [9.17, 15) is 0 Å². The van der Waals surface area contributed by atoms with Gasteiger partial charge >= 0.3 is 0 Å². The number of aromatic nitrogens is 2. The second-order valence-corrected chi connectivity index (χ2v) is 7.80. The number of hydrogen-bond donors (Lipinski definition) is 2. The largest absolute Gasteiger partial charge is 0.362 e. The monoisotopic (exact) mass is 378 g/mol. The van der Waals surface area contributed by atoms with E-state index in [-0.39, 0.29) is 12.2 Å². The average molecular weight is 379 g/mol. The van der Waals surface area contributed by atoms with E-state index in [4.69, 9.17) is 15.5 Å². The van der Waals surface area contributed by atoms with Gasteiger partial charge < -0.3 is 20.4 Å². The zero-order valence-electron chi connectivity index (χ0n) is 16.6. The summed E-state index contributed by atoms with van der Waals surface area (Å²) in [5.74, 6) is 0.885. The van der Waals surface area contributed by atoms with Crippen LogP contribution in [0.3, 0.4) is 0 Å². The van der Waals surface area contributed by atoms with E-state index in [1.807, 2.05) is 18.2 Å². The number of ether oxygens (including phenoxy) is 1. The Morgan fingerprint density at radius 1 is 1.18 bits per heavy atom. The fourth-order valence-corrected chi connectivity index (χ4v) is 3.93. The molecule has 1 aliphatic heterocycles. The van der Waals surface area contributed by atoms with Crippen LogP contribution in [0.4, 0.5) is 0 Å². The van der Waals surface area contributed by atoms with Gasteiger partial charge in [0.15, 0.2) is 0 Å². The van der Waals surface area contributed by atoms with Crippen LogP contribution in [0.15, 0.2) is 48.5 Å². The van der Waals surface area contributed by atoms with Crippen molar-refractivity contribution in [2.24, 2.45) is 5.73 Å². The molecule has 1 unspecified atom stereocenters. The first kappa shape index (κ1) is 19.1. The molecular weight excluding hydrogens is 348 g/mol. The molecule has 2 aromatic carbocycles. The predicted molar refractivity (Wildman–Crippen MR) is 113 cm³/mol. The van der Waals surface area contributed by atoms with Crippen LogP contribution in [0.1, 0.15) is 42.3 Å². The number of benzene rings is 2. The molecule has 5 heteroatoms. The molecule has 0 spiro atoms. The molecule has 0 aliphatic carbocycles. The second-order valence-electron chi connectivity index (χ2n) is 7.80. The van der Waals surface area contributed by atoms with Gasteiger partial charge in [-0.2, -0.15) is 0 Å². The molecule has 1 saturated heterocycles. The summed E-state index contributed by atoms with van der Waals surface area (Å²) < 4.78 is 6.66. The highest BCUT2D eigenvalue weighted by molar-refractivity contribution is 5.74. The van der Waals surface area contributed by atoms with Gasteiger partial charge in [0, 0.05) is 13.1 Å². The van der Waals surface area contributed by atoms with Crippen LogP contribution in [0.5, 0.6) is 0 Å². The van der Waals surface area contributed by atoms with Crippen LogP contribution in [-0.2, 0) is 11.2 Å². The molecule has 1 aliphatic rings. The number of nitrogens with two attached hydrogens (primary N) is 1. The Labute approximate surface area is 166 Å². The van der Waals surface area contributed by atoms with E-state index in [2.05, 4.69) is 47.3 Å². The summed E-state index contributed by atoms with van der Waals surface area (Å²) >= 11 is 0. The summed E-state index contributed by atoms with van der Waals surface area (Å²) in [6.07, 6.45) is 4.17. The van der Waals surface area contributed by atoms with E-state index in [0.29, 0.717) is 6.54 Å². The van der Waals surface area contributed by atoms with Crippen LogP contribution in [0.2, 0.25) is 0 Å². The molecule has 1 fully saturated rings. The highest BCUT2D eigenvalue weighted by Gasteiger charge is 2.26. The Balaban J connectivity index is 1.64. The normalized spacial score (nSPS) is 17.2. The Morgan fingerprint density at radius 2 is 2.00 bits per heavy atom. The van der Waals surface area contributed by atoms with Crippen molar-refractivity contribution < 1.29 is 4.74 Å². The van der Waals surface area contributed by atoms with E-state index < -0.39 is 0 Å². The highest BCUT2D eigenvalue weighted by Crippen LogP contribution is 2.30. The van der Waals surface area contributed by atoms with E-state index in [1.165, 1.54) is 5.56 Å². The summed E-state index contributed by atoms with van der Waals surface area (Å²) in [6.45, 7) is 2.87. The SMILES string of the molecule is CN1CCC(OC(c2cccc(CCCN)c2)c2nc3ccccc3[nH]2)CC1. The first-order valence-electron chi connectivity index (χ1n) is 10.3. The molecule has 1 aromatic heterocycles. The number of nitrogens with zero attached hydrogens (tertiary/aromatic N) is 2. The molecule has 0 amide bonds. The minimum absolute atomic E-state index is 0.182. The number of aromatic amines is 1. The molecule has 0 bridgehead atoms. The first-order chi connectivity index (χ1) is 13.7. The number of piperidine rings is 1. The van der Waals surface area contributed by atoms with Gasteiger partial charge in [0.05, 0.1) is 17.1 Å². The lowest BCUT2D eigenvalue weighted by Crippen LogP contribution is -2.35. The smallest absolute Gasteiger partial charge is 0.141 e. The fraction of sp³-hybridized carbons (Fsp3) is 0.435. The molecule has 2 heterocycles. The number of hydrogen-bond acceptors (Lipinski definition) is 4. The third-order valence-electron chi connectivity index (χ3n) is 5.57. The van der Waals surface area contributed by atoms with E-state index in [1.54, 1.807) is 0 Å². The Kier molecular flexibility index (Phi) is 6.05. The van der Waals surface area contributed by atoms with Crippen LogP contribution in [0.25, 0.3) is 11.0 Å². The maximum Gasteiger partial charge on any atom is 0.141 e. The highest BCUT2D eigenvalue weighted by atomic mass is 16.5. The Hall–Kier alpha value is -2.21. The van der Waals surface area contributed by atoms with Crippen LogP contribution in [-0.4, -0.2) is 47.7 Å². The maximum atomic E-state index is 6.66. The molecule has 4 rings (SSSR count). The molecule has 0 radical (unpaired) electrons. The van der Waals surface area contributed by atoms with Crippen LogP contribution >= 0.6 is 0 Å². The number of para-hydroxylation sites is 2. The molecule has 28 heavy (non-hydrogen) atoms. The van der Waals surface area contributed by atoms with Gasteiger partial charge in [0.25, 0.3) is 0 Å². The van der Waals surface area contributed by atoms with Crippen molar-refractivity contribution in [3.05, 3.63) is 65.5 Å². The number of H-pyrrole nitrogens is 1. The van der Waals surface area contributed by atoms with Crippen molar-refractivity contribution in [1.82, 2.24) is 14.9 Å². The van der Waals surface area contributed by atoms with Crippen molar-refractivity contribution in [3.8, 4) is 0 Å². The van der Waals surface area contributed by atoms with Crippen molar-refractivity contribution in [2.75, 3.05) is 26.7 Å². The molecule has 5 nitrogen and oxygen atoms in total. The lowest BCUT2D eigenvalue weighted by molar-refractivity contribution is -0.0264. The number of aryl methyl sites for hydroxylation is 1. The van der Waals surface area contributed by atoms with Gasteiger partial charge in [-0.15, -0.1) is 0 Å². The second kappa shape index (κ2) is 8.86. The Morgan fingerprint density at radius 3 is 2.79 bits per heavy atom. The number of imidazole rings is 1. The third kappa shape index (κ3) is 4.43. The number of nitrogens with one attached hydrogen (secondary N) is 1. The van der Waals surface area contributed by atoms with Crippen LogP contribution in [0, 0.1) is 0 Å². The third-order valence-corrected chi connectivity index (χ3v) is 5.57. The molecule has 148 valence electrons. The lowest BCUT2D eigenvalue weighted by atomic mass is 10.0. The topological polar surface area (TPSA) is 67.2 Å². The molecule has 0 saturated carbocycles. The zero-order chi connectivity index (χ0) is 19.3.